The van der Waals surface area contributed by atoms with Gasteiger partial charge in [0.2, 0.25) is 5.95 Å². The number of anilines is 2. The molecule has 9 heteroatoms. The predicted octanol–water partition coefficient (Wildman–Crippen LogP) is 0.401. The van der Waals surface area contributed by atoms with Crippen LogP contribution in [0.15, 0.2) is 18.6 Å². The average Bonchev–Trinajstić information content (AvgIpc) is 2.75. The lowest BCUT2D eigenvalue weighted by Gasteiger charge is -2.06. The van der Waals surface area contributed by atoms with Crippen molar-refractivity contribution in [3.63, 3.8) is 0 Å². The number of nitrogens with one attached hydrogen (secondary N) is 2. The first kappa shape index (κ1) is 12.3. The van der Waals surface area contributed by atoms with Crippen LogP contribution in [0.2, 0.25) is 5.02 Å². The lowest BCUT2D eigenvalue weighted by atomic mass is 10.2. The summed E-state index contributed by atoms with van der Waals surface area (Å²) < 4.78 is 1.43. The van der Waals surface area contributed by atoms with Gasteiger partial charge in [0.1, 0.15) is 6.33 Å². The number of nitrogen functional groups attached to an aromatic ring is 1. The van der Waals surface area contributed by atoms with E-state index in [0.717, 1.165) is 0 Å². The van der Waals surface area contributed by atoms with E-state index in [1.165, 1.54) is 23.3 Å². The number of amides is 1. The zero-order chi connectivity index (χ0) is 13.1. The van der Waals surface area contributed by atoms with Gasteiger partial charge in [0.25, 0.3) is 5.91 Å². The molecule has 0 radical (unpaired) electrons. The van der Waals surface area contributed by atoms with Gasteiger partial charge < -0.3 is 5.43 Å². The van der Waals surface area contributed by atoms with E-state index in [1.54, 1.807) is 7.05 Å². The molecule has 2 rings (SSSR count). The summed E-state index contributed by atoms with van der Waals surface area (Å²) in [5, 5.41) is 6.66. The number of pyridine rings is 1. The van der Waals surface area contributed by atoms with E-state index >= 15 is 0 Å². The second-order valence-corrected chi connectivity index (χ2v) is 3.77. The molecule has 0 bridgehead atoms. The van der Waals surface area contributed by atoms with Crippen LogP contribution in [-0.2, 0) is 7.05 Å². The molecule has 0 unspecified atom stereocenters. The normalized spacial score (nSPS) is 10.2. The van der Waals surface area contributed by atoms with Crippen LogP contribution in [0.4, 0.5) is 11.8 Å². The van der Waals surface area contributed by atoms with E-state index in [0.29, 0.717) is 17.3 Å². The van der Waals surface area contributed by atoms with Gasteiger partial charge in [0.05, 0.1) is 10.6 Å². The van der Waals surface area contributed by atoms with Crippen LogP contribution in [0.3, 0.4) is 0 Å². The van der Waals surface area contributed by atoms with Crippen molar-refractivity contribution in [3.05, 3.63) is 29.2 Å². The third-order valence-electron chi connectivity index (χ3n) is 2.18. The lowest BCUT2D eigenvalue weighted by Crippen LogP contribution is -2.16. The summed E-state index contributed by atoms with van der Waals surface area (Å²) in [5.41, 5.74) is 2.61. The zero-order valence-corrected chi connectivity index (χ0v) is 10.1. The Morgan fingerprint density at radius 1 is 1.50 bits per heavy atom. The van der Waals surface area contributed by atoms with Crippen molar-refractivity contribution >= 4 is 29.3 Å². The Labute approximate surface area is 107 Å². The molecule has 0 fully saturated rings. The van der Waals surface area contributed by atoms with Crippen LogP contribution < -0.4 is 16.6 Å². The minimum Gasteiger partial charge on any atom is -0.307 e. The smallest absolute Gasteiger partial charge is 0.259 e. The summed E-state index contributed by atoms with van der Waals surface area (Å²) in [6.07, 6.45) is 2.69. The molecule has 0 aromatic carbocycles. The number of halogens is 1. The Hall–Kier alpha value is -2.19. The molecule has 0 aliphatic rings. The molecule has 18 heavy (non-hydrogen) atoms. The van der Waals surface area contributed by atoms with Crippen LogP contribution in [0, 0.1) is 0 Å². The van der Waals surface area contributed by atoms with Crippen LogP contribution in [0.1, 0.15) is 10.4 Å². The summed E-state index contributed by atoms with van der Waals surface area (Å²) >= 11 is 5.87. The van der Waals surface area contributed by atoms with Crippen molar-refractivity contribution in [1.82, 2.24) is 19.7 Å². The van der Waals surface area contributed by atoms with Gasteiger partial charge in [-0.2, -0.15) is 10.1 Å². The van der Waals surface area contributed by atoms with Gasteiger partial charge in [-0.05, 0) is 6.07 Å². The number of hydrogen-bond acceptors (Lipinski definition) is 6. The highest BCUT2D eigenvalue weighted by atomic mass is 35.5. The van der Waals surface area contributed by atoms with E-state index in [-0.39, 0.29) is 10.9 Å². The standard InChI is InChI=1S/C9H10ClN7O/c1-17-9(13-4-14-17)15-8(18)5-2-6(10)7(16-11)12-3-5/h2-4H,11H2,1H3,(H,12,16)(H,13,14,15,18). The van der Waals surface area contributed by atoms with Gasteiger partial charge in [0, 0.05) is 13.2 Å². The van der Waals surface area contributed by atoms with E-state index in [1.807, 2.05) is 0 Å². The second-order valence-electron chi connectivity index (χ2n) is 3.36. The molecule has 94 valence electrons. The molecular weight excluding hydrogens is 258 g/mol. The number of rotatable bonds is 3. The Morgan fingerprint density at radius 3 is 2.83 bits per heavy atom. The van der Waals surface area contributed by atoms with Crippen LogP contribution in [0.25, 0.3) is 0 Å². The molecule has 4 N–H and O–H groups in total. The first-order chi connectivity index (χ1) is 8.61. The van der Waals surface area contributed by atoms with Gasteiger partial charge in [-0.3, -0.25) is 10.1 Å². The number of hydrogen-bond donors (Lipinski definition) is 3. The maximum absolute atomic E-state index is 11.9. The minimum absolute atomic E-state index is 0.253. The highest BCUT2D eigenvalue weighted by molar-refractivity contribution is 6.33. The molecule has 0 atom stereocenters. The summed E-state index contributed by atoms with van der Waals surface area (Å²) in [4.78, 5) is 19.6. The molecule has 2 aromatic rings. The number of carbonyl (C=O) groups is 1. The molecule has 2 aromatic heterocycles. The number of hydrazine groups is 1. The molecule has 0 aliphatic heterocycles. The van der Waals surface area contributed by atoms with Crippen LogP contribution >= 0.6 is 11.6 Å². The summed E-state index contributed by atoms with van der Waals surface area (Å²) in [6, 6.07) is 1.45. The van der Waals surface area contributed by atoms with E-state index < -0.39 is 0 Å². The van der Waals surface area contributed by atoms with Crippen molar-refractivity contribution in [3.8, 4) is 0 Å². The van der Waals surface area contributed by atoms with Crippen molar-refractivity contribution < 1.29 is 4.79 Å². The van der Waals surface area contributed by atoms with Crippen molar-refractivity contribution in [2.45, 2.75) is 0 Å². The molecule has 2 heterocycles. The molecule has 0 spiro atoms. The van der Waals surface area contributed by atoms with E-state index in [9.17, 15) is 4.79 Å². The average molecular weight is 268 g/mol. The number of nitrogens with two attached hydrogens (primary N) is 1. The Balaban J connectivity index is 2.19. The first-order valence-electron chi connectivity index (χ1n) is 4.89. The summed E-state index contributed by atoms with van der Waals surface area (Å²) in [5.74, 6) is 5.43. The third-order valence-corrected chi connectivity index (χ3v) is 2.46. The maximum atomic E-state index is 11.9. The van der Waals surface area contributed by atoms with Crippen molar-refractivity contribution in [2.24, 2.45) is 12.9 Å². The number of aryl methyl sites for hydroxylation is 1. The number of aromatic nitrogens is 4. The fraction of sp³-hybridized carbons (Fsp3) is 0.111. The SMILES string of the molecule is Cn1ncnc1NC(=O)c1cnc(NN)c(Cl)c1. The largest absolute Gasteiger partial charge is 0.307 e. The fourth-order valence-electron chi connectivity index (χ4n) is 1.25. The summed E-state index contributed by atoms with van der Waals surface area (Å²) in [6.45, 7) is 0. The van der Waals surface area contributed by atoms with Crippen LogP contribution in [-0.4, -0.2) is 25.7 Å². The molecular formula is C9H10ClN7O. The Kier molecular flexibility index (Phi) is 3.40. The highest BCUT2D eigenvalue weighted by Crippen LogP contribution is 2.19. The summed E-state index contributed by atoms with van der Waals surface area (Å²) in [7, 11) is 1.66. The first-order valence-corrected chi connectivity index (χ1v) is 5.27. The molecule has 8 nitrogen and oxygen atoms in total. The van der Waals surface area contributed by atoms with Gasteiger partial charge in [-0.25, -0.2) is 15.5 Å². The van der Waals surface area contributed by atoms with Gasteiger partial charge in [0.15, 0.2) is 5.82 Å². The van der Waals surface area contributed by atoms with Crippen molar-refractivity contribution in [1.29, 1.82) is 0 Å². The molecule has 1 amide bonds. The predicted molar refractivity (Wildman–Crippen MR) is 66.0 cm³/mol. The van der Waals surface area contributed by atoms with Crippen molar-refractivity contribution in [2.75, 3.05) is 10.7 Å². The number of nitrogens with zero attached hydrogens (tertiary/aromatic N) is 4. The third kappa shape index (κ3) is 2.39. The van der Waals surface area contributed by atoms with E-state index in [2.05, 4.69) is 25.8 Å². The lowest BCUT2D eigenvalue weighted by molar-refractivity contribution is 0.102. The second kappa shape index (κ2) is 4.98. The zero-order valence-electron chi connectivity index (χ0n) is 9.38. The monoisotopic (exact) mass is 267 g/mol. The van der Waals surface area contributed by atoms with E-state index in [4.69, 9.17) is 17.4 Å². The Morgan fingerprint density at radius 2 is 2.28 bits per heavy atom. The topological polar surface area (TPSA) is 111 Å². The van der Waals surface area contributed by atoms with Gasteiger partial charge in [-0.1, -0.05) is 11.6 Å². The minimum atomic E-state index is -0.385. The molecule has 0 saturated heterocycles. The van der Waals surface area contributed by atoms with Crippen LogP contribution in [0.5, 0.6) is 0 Å². The quantitative estimate of drug-likeness (QED) is 0.548. The Bertz CT molecular complexity index is 582. The van der Waals surface area contributed by atoms with Gasteiger partial charge >= 0.3 is 0 Å². The molecule has 0 aliphatic carbocycles. The fourth-order valence-corrected chi connectivity index (χ4v) is 1.47. The molecule has 0 saturated carbocycles. The maximum Gasteiger partial charge on any atom is 0.259 e. The van der Waals surface area contributed by atoms with Gasteiger partial charge in [-0.15, -0.1) is 0 Å². The number of carbonyl (C=O) groups excluding carboxylic acids is 1. The highest BCUT2D eigenvalue weighted by Gasteiger charge is 2.11.